The highest BCUT2D eigenvalue weighted by Gasteiger charge is 2.12. The van der Waals surface area contributed by atoms with Gasteiger partial charge < -0.3 is 24.6 Å². The highest BCUT2D eigenvalue weighted by atomic mass is 16.6. The second-order valence-electron chi connectivity index (χ2n) is 10.2. The van der Waals surface area contributed by atoms with Crippen molar-refractivity contribution < 1.29 is 23.9 Å². The maximum Gasteiger partial charge on any atom is 0.409 e. The van der Waals surface area contributed by atoms with E-state index in [0.29, 0.717) is 45.4 Å². The molecule has 0 atom stereocenters. The Morgan fingerprint density at radius 3 is 1.80 bits per heavy atom. The van der Waals surface area contributed by atoms with E-state index in [1.54, 1.807) is 30.9 Å². The van der Waals surface area contributed by atoms with E-state index < -0.39 is 0 Å². The number of aryl methyl sites for hydroxylation is 2. The summed E-state index contributed by atoms with van der Waals surface area (Å²) in [6.07, 6.45) is 1.67. The van der Waals surface area contributed by atoms with Crippen LogP contribution in [-0.2, 0) is 40.3 Å². The van der Waals surface area contributed by atoms with Gasteiger partial charge in [-0.05, 0) is 47.7 Å². The normalized spacial score (nSPS) is 10.5. The number of nitrogens with one attached hydrogen (secondary N) is 1. The van der Waals surface area contributed by atoms with Crippen molar-refractivity contribution in [2.75, 3.05) is 34.4 Å². The van der Waals surface area contributed by atoms with Gasteiger partial charge in [0.05, 0.1) is 19.6 Å². The molecule has 3 rings (SSSR count). The molecule has 1 N–H and O–H groups in total. The molecule has 8 nitrogen and oxygen atoms in total. The number of amides is 3. The minimum absolute atomic E-state index is 0.0169. The fourth-order valence-electron chi connectivity index (χ4n) is 4.15. The van der Waals surface area contributed by atoms with Gasteiger partial charge in [0.25, 0.3) is 0 Å². The predicted molar refractivity (Wildman–Crippen MR) is 160 cm³/mol. The molecule has 0 aliphatic rings. The Morgan fingerprint density at radius 2 is 1.22 bits per heavy atom. The van der Waals surface area contributed by atoms with Crippen LogP contribution in [0.1, 0.15) is 40.7 Å². The van der Waals surface area contributed by atoms with E-state index in [1.165, 1.54) is 5.56 Å². The maximum absolute atomic E-state index is 12.5. The lowest BCUT2D eigenvalue weighted by Gasteiger charge is -2.18. The summed E-state index contributed by atoms with van der Waals surface area (Å²) >= 11 is 0. The lowest BCUT2D eigenvalue weighted by Crippen LogP contribution is -2.27. The van der Waals surface area contributed by atoms with E-state index in [-0.39, 0.29) is 24.5 Å². The molecule has 0 radical (unpaired) electrons. The van der Waals surface area contributed by atoms with Crippen molar-refractivity contribution in [3.63, 3.8) is 0 Å². The first-order valence-electron chi connectivity index (χ1n) is 13.9. The number of rotatable bonds is 14. The minimum Gasteiger partial charge on any atom is -0.493 e. The SMILES string of the molecule is CNC(=O)CCc1ccc(CN(C)C(=O)OCCc2ccc(CN(C)C(=O)CCOc3ccc(C)cc3)cc2)cc1. The molecule has 0 fully saturated rings. The van der Waals surface area contributed by atoms with E-state index in [2.05, 4.69) is 5.32 Å². The third-order valence-corrected chi connectivity index (χ3v) is 6.76. The molecule has 0 spiro atoms. The second-order valence-corrected chi connectivity index (χ2v) is 10.2. The van der Waals surface area contributed by atoms with Gasteiger partial charge in [-0.1, -0.05) is 66.2 Å². The Bertz CT molecular complexity index is 1260. The zero-order chi connectivity index (χ0) is 29.6. The molecule has 0 saturated heterocycles. The van der Waals surface area contributed by atoms with Crippen molar-refractivity contribution in [3.05, 3.63) is 101 Å². The first-order valence-corrected chi connectivity index (χ1v) is 13.9. The van der Waals surface area contributed by atoms with Gasteiger partial charge >= 0.3 is 6.09 Å². The molecule has 0 aliphatic carbocycles. The van der Waals surface area contributed by atoms with Crippen molar-refractivity contribution in [3.8, 4) is 5.75 Å². The van der Waals surface area contributed by atoms with Crippen LogP contribution in [0.15, 0.2) is 72.8 Å². The summed E-state index contributed by atoms with van der Waals surface area (Å²) in [6.45, 7) is 3.59. The standard InChI is InChI=1S/C33H41N3O5/c1-25-5-16-30(17-6-25)40-22-20-32(38)35(3)23-28-13-9-27(10-14-28)19-21-41-33(39)36(4)24-29-11-7-26(8-12-29)15-18-31(37)34-2/h5-14,16-17H,15,18-24H2,1-4H3,(H,34,37). The van der Waals surface area contributed by atoms with Gasteiger partial charge in [0, 0.05) is 47.1 Å². The number of ether oxygens (including phenoxy) is 2. The molecule has 3 aromatic rings. The Balaban J connectivity index is 1.34. The molecule has 0 heterocycles. The van der Waals surface area contributed by atoms with Gasteiger partial charge in [0.1, 0.15) is 5.75 Å². The summed E-state index contributed by atoms with van der Waals surface area (Å²) in [4.78, 5) is 39.6. The third-order valence-electron chi connectivity index (χ3n) is 6.76. The lowest BCUT2D eigenvalue weighted by molar-refractivity contribution is -0.131. The van der Waals surface area contributed by atoms with Gasteiger partial charge in [-0.2, -0.15) is 0 Å². The number of hydrogen-bond donors (Lipinski definition) is 1. The highest BCUT2D eigenvalue weighted by molar-refractivity contribution is 5.76. The van der Waals surface area contributed by atoms with Crippen LogP contribution in [0.2, 0.25) is 0 Å². The van der Waals surface area contributed by atoms with E-state index in [4.69, 9.17) is 9.47 Å². The van der Waals surface area contributed by atoms with Crippen LogP contribution in [0.4, 0.5) is 4.79 Å². The zero-order valence-corrected chi connectivity index (χ0v) is 24.5. The first-order chi connectivity index (χ1) is 19.7. The number of nitrogens with zero attached hydrogens (tertiary/aromatic N) is 2. The smallest absolute Gasteiger partial charge is 0.409 e. The summed E-state index contributed by atoms with van der Waals surface area (Å²) in [5.74, 6) is 0.804. The Hall–Kier alpha value is -4.33. The molecule has 0 bridgehead atoms. The molecule has 0 aliphatic heterocycles. The molecule has 41 heavy (non-hydrogen) atoms. The third kappa shape index (κ3) is 11.0. The first kappa shape index (κ1) is 31.2. The fraction of sp³-hybridized carbons (Fsp3) is 0.364. The van der Waals surface area contributed by atoms with Crippen LogP contribution in [0.3, 0.4) is 0 Å². The number of hydrogen-bond acceptors (Lipinski definition) is 5. The summed E-state index contributed by atoms with van der Waals surface area (Å²) in [6, 6.07) is 23.7. The second kappa shape index (κ2) is 16.1. The van der Waals surface area contributed by atoms with Crippen LogP contribution in [-0.4, -0.2) is 62.1 Å². The molecule has 0 unspecified atom stereocenters. The molecular weight excluding hydrogens is 518 g/mol. The van der Waals surface area contributed by atoms with Gasteiger partial charge in [-0.15, -0.1) is 0 Å². The monoisotopic (exact) mass is 559 g/mol. The summed E-state index contributed by atoms with van der Waals surface area (Å²) in [5, 5.41) is 2.62. The molecular formula is C33H41N3O5. The summed E-state index contributed by atoms with van der Waals surface area (Å²) in [5.41, 5.74) is 5.32. The molecule has 3 amide bonds. The average molecular weight is 560 g/mol. The van der Waals surface area contributed by atoms with Crippen molar-refractivity contribution in [1.29, 1.82) is 0 Å². The van der Waals surface area contributed by atoms with Crippen LogP contribution in [0, 0.1) is 6.92 Å². The highest BCUT2D eigenvalue weighted by Crippen LogP contribution is 2.13. The number of carbonyl (C=O) groups excluding carboxylic acids is 3. The summed E-state index contributed by atoms with van der Waals surface area (Å²) in [7, 11) is 5.14. The van der Waals surface area contributed by atoms with Gasteiger partial charge in [0.15, 0.2) is 0 Å². The molecule has 0 aromatic heterocycles. The average Bonchev–Trinajstić information content (AvgIpc) is 2.98. The zero-order valence-electron chi connectivity index (χ0n) is 24.5. The Kier molecular flexibility index (Phi) is 12.2. The Labute approximate surface area is 243 Å². The lowest BCUT2D eigenvalue weighted by atomic mass is 10.1. The van der Waals surface area contributed by atoms with Crippen molar-refractivity contribution in [2.45, 2.75) is 45.7 Å². The van der Waals surface area contributed by atoms with Crippen LogP contribution >= 0.6 is 0 Å². The predicted octanol–water partition coefficient (Wildman–Crippen LogP) is 4.91. The summed E-state index contributed by atoms with van der Waals surface area (Å²) < 4.78 is 11.1. The van der Waals surface area contributed by atoms with Gasteiger partial charge in [0.2, 0.25) is 11.8 Å². The minimum atomic E-state index is -0.378. The van der Waals surface area contributed by atoms with E-state index in [9.17, 15) is 14.4 Å². The molecule has 3 aromatic carbocycles. The number of benzene rings is 3. The van der Waals surface area contributed by atoms with Crippen LogP contribution in [0.25, 0.3) is 0 Å². The number of carbonyl (C=O) groups is 3. The van der Waals surface area contributed by atoms with Crippen molar-refractivity contribution >= 4 is 17.9 Å². The van der Waals surface area contributed by atoms with Crippen LogP contribution < -0.4 is 10.1 Å². The van der Waals surface area contributed by atoms with Gasteiger partial charge in [-0.3, -0.25) is 9.59 Å². The van der Waals surface area contributed by atoms with E-state index >= 15 is 0 Å². The van der Waals surface area contributed by atoms with E-state index in [1.807, 2.05) is 79.7 Å². The largest absolute Gasteiger partial charge is 0.493 e. The molecule has 218 valence electrons. The molecule has 8 heteroatoms. The van der Waals surface area contributed by atoms with Crippen molar-refractivity contribution in [2.24, 2.45) is 0 Å². The quantitative estimate of drug-likeness (QED) is 0.303. The van der Waals surface area contributed by atoms with Crippen molar-refractivity contribution in [1.82, 2.24) is 15.1 Å². The fourth-order valence-corrected chi connectivity index (χ4v) is 4.15. The maximum atomic E-state index is 12.5. The van der Waals surface area contributed by atoms with Gasteiger partial charge in [-0.25, -0.2) is 4.79 Å². The van der Waals surface area contributed by atoms with Crippen LogP contribution in [0.5, 0.6) is 5.75 Å². The molecule has 0 saturated carbocycles. The Morgan fingerprint density at radius 1 is 0.683 bits per heavy atom. The topological polar surface area (TPSA) is 88.2 Å². The van der Waals surface area contributed by atoms with E-state index in [0.717, 1.165) is 28.0 Å².